The van der Waals surface area contributed by atoms with E-state index in [0.717, 1.165) is 30.1 Å². The van der Waals surface area contributed by atoms with Gasteiger partial charge >= 0.3 is 0 Å². The van der Waals surface area contributed by atoms with Gasteiger partial charge in [0.2, 0.25) is 5.91 Å². The van der Waals surface area contributed by atoms with Crippen LogP contribution in [-0.2, 0) is 11.2 Å². The molecule has 1 unspecified atom stereocenters. The first-order chi connectivity index (χ1) is 10.2. The van der Waals surface area contributed by atoms with Gasteiger partial charge in [-0.2, -0.15) is 0 Å². The largest absolute Gasteiger partial charge is 0.356 e. The third-order valence-electron chi connectivity index (χ3n) is 4.37. The van der Waals surface area contributed by atoms with Crippen LogP contribution in [0.25, 0.3) is 0 Å². The van der Waals surface area contributed by atoms with E-state index >= 15 is 0 Å². The molecule has 0 bridgehead atoms. The van der Waals surface area contributed by atoms with Crippen LogP contribution in [0.3, 0.4) is 0 Å². The summed E-state index contributed by atoms with van der Waals surface area (Å²) >= 11 is 6.11. The van der Waals surface area contributed by atoms with Crippen molar-refractivity contribution in [2.75, 3.05) is 19.6 Å². The molecule has 0 aliphatic carbocycles. The summed E-state index contributed by atoms with van der Waals surface area (Å²) in [5.74, 6) is 1.31. The lowest BCUT2D eigenvalue weighted by Gasteiger charge is -2.27. The molecule has 1 amide bonds. The van der Waals surface area contributed by atoms with Crippen molar-refractivity contribution < 1.29 is 4.79 Å². The van der Waals surface area contributed by atoms with Gasteiger partial charge in [0.25, 0.3) is 0 Å². The monoisotopic (exact) mass is 344 g/mol. The van der Waals surface area contributed by atoms with Gasteiger partial charge < -0.3 is 10.6 Å². The van der Waals surface area contributed by atoms with E-state index in [-0.39, 0.29) is 18.3 Å². The zero-order valence-electron chi connectivity index (χ0n) is 13.1. The fourth-order valence-corrected chi connectivity index (χ4v) is 3.21. The van der Waals surface area contributed by atoms with Crippen LogP contribution in [0.4, 0.5) is 0 Å². The van der Waals surface area contributed by atoms with Gasteiger partial charge in [-0.15, -0.1) is 12.4 Å². The van der Waals surface area contributed by atoms with Crippen molar-refractivity contribution in [1.82, 2.24) is 10.6 Å². The number of halogens is 2. The summed E-state index contributed by atoms with van der Waals surface area (Å²) in [6.45, 7) is 5.03. The van der Waals surface area contributed by atoms with Gasteiger partial charge in [0.05, 0.1) is 0 Å². The predicted octanol–water partition coefficient (Wildman–Crippen LogP) is 3.45. The van der Waals surface area contributed by atoms with Crippen molar-refractivity contribution in [3.05, 3.63) is 34.9 Å². The second-order valence-corrected chi connectivity index (χ2v) is 6.37. The molecule has 1 aliphatic heterocycles. The summed E-state index contributed by atoms with van der Waals surface area (Å²) in [7, 11) is 0. The third kappa shape index (κ3) is 6.15. The summed E-state index contributed by atoms with van der Waals surface area (Å²) in [4.78, 5) is 12.0. The first kappa shape index (κ1) is 19.3. The van der Waals surface area contributed by atoms with E-state index in [1.807, 2.05) is 24.3 Å². The summed E-state index contributed by atoms with van der Waals surface area (Å²) in [6, 6.07) is 7.79. The normalized spacial score (nSPS) is 16.6. The molecule has 124 valence electrons. The lowest BCUT2D eigenvalue weighted by Crippen LogP contribution is -2.34. The van der Waals surface area contributed by atoms with E-state index in [1.165, 1.54) is 12.8 Å². The topological polar surface area (TPSA) is 41.1 Å². The first-order valence-corrected chi connectivity index (χ1v) is 8.25. The van der Waals surface area contributed by atoms with Gasteiger partial charge in [0, 0.05) is 18.0 Å². The lowest BCUT2D eigenvalue weighted by molar-refractivity contribution is -0.122. The average Bonchev–Trinajstić information content (AvgIpc) is 2.50. The molecular formula is C17H26Cl2N2O. The molecule has 1 heterocycles. The maximum absolute atomic E-state index is 12.0. The Bertz CT molecular complexity index is 462. The van der Waals surface area contributed by atoms with Crippen LogP contribution < -0.4 is 10.6 Å². The number of benzene rings is 1. The van der Waals surface area contributed by atoms with Crippen LogP contribution in [0.15, 0.2) is 24.3 Å². The summed E-state index contributed by atoms with van der Waals surface area (Å²) < 4.78 is 0. The number of hydrogen-bond acceptors (Lipinski definition) is 2. The van der Waals surface area contributed by atoms with Crippen LogP contribution >= 0.6 is 24.0 Å². The molecular weight excluding hydrogens is 319 g/mol. The Labute approximate surface area is 144 Å². The quantitative estimate of drug-likeness (QED) is 0.829. The molecule has 0 radical (unpaired) electrons. The molecule has 1 aliphatic rings. The number of carbonyl (C=O) groups excluding carboxylic acids is 1. The van der Waals surface area contributed by atoms with E-state index in [9.17, 15) is 4.79 Å². The highest BCUT2D eigenvalue weighted by molar-refractivity contribution is 6.31. The Hall–Kier alpha value is -0.770. The van der Waals surface area contributed by atoms with Gasteiger partial charge in [-0.25, -0.2) is 0 Å². The number of rotatable bonds is 6. The maximum Gasteiger partial charge on any atom is 0.220 e. The van der Waals surface area contributed by atoms with Crippen LogP contribution in [0.1, 0.15) is 31.7 Å². The molecule has 22 heavy (non-hydrogen) atoms. The van der Waals surface area contributed by atoms with Crippen molar-refractivity contribution in [3.8, 4) is 0 Å². The highest BCUT2D eigenvalue weighted by Gasteiger charge is 2.21. The predicted molar refractivity (Wildman–Crippen MR) is 94.8 cm³/mol. The van der Waals surface area contributed by atoms with E-state index in [0.29, 0.717) is 24.8 Å². The molecule has 1 saturated heterocycles. The molecule has 2 N–H and O–H groups in total. The van der Waals surface area contributed by atoms with Crippen LogP contribution in [0, 0.1) is 11.8 Å². The molecule has 0 saturated carbocycles. The Balaban J connectivity index is 0.00000242. The minimum absolute atomic E-state index is 0. The second kappa shape index (κ2) is 10.1. The molecule has 5 heteroatoms. The van der Waals surface area contributed by atoms with E-state index in [1.54, 1.807) is 0 Å². The lowest BCUT2D eigenvalue weighted by atomic mass is 9.84. The average molecular weight is 345 g/mol. The fraction of sp³-hybridized carbons (Fsp3) is 0.588. The molecule has 1 fully saturated rings. The number of carbonyl (C=O) groups is 1. The van der Waals surface area contributed by atoms with Crippen molar-refractivity contribution in [2.45, 2.75) is 32.6 Å². The van der Waals surface area contributed by atoms with Crippen molar-refractivity contribution >= 4 is 29.9 Å². The van der Waals surface area contributed by atoms with Crippen molar-refractivity contribution in [1.29, 1.82) is 0 Å². The van der Waals surface area contributed by atoms with Gasteiger partial charge in [0.15, 0.2) is 0 Å². The standard InChI is InChI=1S/C17H25ClN2O.ClH/c1-13(14-6-9-19-10-7-14)12-17(21)20-11-8-15-4-2-3-5-16(15)18;/h2-5,13-14,19H,6-12H2,1H3,(H,20,21);1H. The fourth-order valence-electron chi connectivity index (χ4n) is 2.98. The summed E-state index contributed by atoms with van der Waals surface area (Å²) in [6.07, 6.45) is 3.79. The number of nitrogens with one attached hydrogen (secondary N) is 2. The van der Waals surface area contributed by atoms with E-state index < -0.39 is 0 Å². The minimum Gasteiger partial charge on any atom is -0.356 e. The molecule has 1 aromatic carbocycles. The molecule has 2 rings (SSSR count). The van der Waals surface area contributed by atoms with Gasteiger partial charge in [-0.3, -0.25) is 4.79 Å². The second-order valence-electron chi connectivity index (χ2n) is 5.96. The number of piperidine rings is 1. The van der Waals surface area contributed by atoms with Crippen LogP contribution in [-0.4, -0.2) is 25.5 Å². The third-order valence-corrected chi connectivity index (χ3v) is 4.74. The SMILES string of the molecule is CC(CC(=O)NCCc1ccccc1Cl)C1CCNCC1.Cl. The van der Waals surface area contributed by atoms with Crippen LogP contribution in [0.5, 0.6) is 0 Å². The van der Waals surface area contributed by atoms with E-state index in [4.69, 9.17) is 11.6 Å². The van der Waals surface area contributed by atoms with Gasteiger partial charge in [-0.05, 0) is 55.8 Å². The summed E-state index contributed by atoms with van der Waals surface area (Å²) in [5, 5.41) is 7.16. The smallest absolute Gasteiger partial charge is 0.220 e. The Morgan fingerprint density at radius 3 is 2.73 bits per heavy atom. The molecule has 0 spiro atoms. The van der Waals surface area contributed by atoms with Gasteiger partial charge in [-0.1, -0.05) is 36.7 Å². The Kier molecular flexibility index (Phi) is 8.84. The Morgan fingerprint density at radius 2 is 2.05 bits per heavy atom. The molecule has 1 aromatic rings. The zero-order valence-corrected chi connectivity index (χ0v) is 14.7. The first-order valence-electron chi connectivity index (χ1n) is 7.87. The van der Waals surface area contributed by atoms with Crippen molar-refractivity contribution in [3.63, 3.8) is 0 Å². The number of amides is 1. The molecule has 3 nitrogen and oxygen atoms in total. The summed E-state index contributed by atoms with van der Waals surface area (Å²) in [5.41, 5.74) is 1.09. The highest BCUT2D eigenvalue weighted by Crippen LogP contribution is 2.24. The van der Waals surface area contributed by atoms with Gasteiger partial charge in [0.1, 0.15) is 0 Å². The van der Waals surface area contributed by atoms with Crippen LogP contribution in [0.2, 0.25) is 5.02 Å². The zero-order chi connectivity index (χ0) is 15.1. The Morgan fingerprint density at radius 1 is 1.36 bits per heavy atom. The van der Waals surface area contributed by atoms with E-state index in [2.05, 4.69) is 17.6 Å². The molecule has 0 aromatic heterocycles. The van der Waals surface area contributed by atoms with Crippen molar-refractivity contribution in [2.24, 2.45) is 11.8 Å². The highest BCUT2D eigenvalue weighted by atomic mass is 35.5. The maximum atomic E-state index is 12.0. The number of hydrogen-bond donors (Lipinski definition) is 2. The minimum atomic E-state index is 0. The molecule has 1 atom stereocenters.